The lowest BCUT2D eigenvalue weighted by Crippen LogP contribution is -2.43. The van der Waals surface area contributed by atoms with Crippen molar-refractivity contribution in [3.8, 4) is 17.2 Å². The summed E-state index contributed by atoms with van der Waals surface area (Å²) in [5.41, 5.74) is 2.69. The maximum Gasteiger partial charge on any atom is 0.227 e. The molecule has 5 nitrogen and oxygen atoms in total. The number of halogens is 2. The molecule has 0 saturated heterocycles. The van der Waals surface area contributed by atoms with Crippen LogP contribution in [0.4, 0.5) is 8.78 Å². The Morgan fingerprint density at radius 2 is 1.55 bits per heavy atom. The molecule has 1 aliphatic rings. The first kappa shape index (κ1) is 22.6. The van der Waals surface area contributed by atoms with Crippen molar-refractivity contribution >= 4 is 5.91 Å². The van der Waals surface area contributed by atoms with Gasteiger partial charge >= 0.3 is 0 Å². The zero-order valence-corrected chi connectivity index (χ0v) is 18.5. The van der Waals surface area contributed by atoms with E-state index >= 15 is 0 Å². The van der Waals surface area contributed by atoms with Crippen LogP contribution in [0.2, 0.25) is 0 Å². The maximum absolute atomic E-state index is 13.3. The van der Waals surface area contributed by atoms with Crippen LogP contribution in [0, 0.1) is 11.6 Å². The second-order valence-electron chi connectivity index (χ2n) is 7.83. The largest absolute Gasteiger partial charge is 0.493 e. The molecule has 0 fully saturated rings. The van der Waals surface area contributed by atoms with Gasteiger partial charge in [-0.05, 0) is 71.6 Å². The standard InChI is InChI=1S/C26H25F2NO4/c1-31-24-14-18-11-12-29(26(30)13-17-3-5-19(27)6-4-17)23(22(18)15-25(24)32-2)16-33-21-9-7-20(28)8-10-21/h3-10,14-15,23H,11-13,16H2,1-2H3/t23-/m0/s1. The van der Waals surface area contributed by atoms with Crippen molar-refractivity contribution in [1.82, 2.24) is 4.90 Å². The summed E-state index contributed by atoms with van der Waals surface area (Å²) in [5, 5.41) is 0. The van der Waals surface area contributed by atoms with E-state index in [-0.39, 0.29) is 36.6 Å². The van der Waals surface area contributed by atoms with E-state index in [9.17, 15) is 13.6 Å². The van der Waals surface area contributed by atoms with Gasteiger partial charge in [0.25, 0.3) is 0 Å². The van der Waals surface area contributed by atoms with E-state index in [2.05, 4.69) is 0 Å². The summed E-state index contributed by atoms with van der Waals surface area (Å²) >= 11 is 0. The van der Waals surface area contributed by atoms with Gasteiger partial charge in [0.2, 0.25) is 5.91 Å². The molecule has 0 aromatic heterocycles. The van der Waals surface area contributed by atoms with Crippen LogP contribution in [0.3, 0.4) is 0 Å². The summed E-state index contributed by atoms with van der Waals surface area (Å²) in [6.45, 7) is 0.684. The summed E-state index contributed by atoms with van der Waals surface area (Å²) in [5.74, 6) is 0.920. The zero-order valence-electron chi connectivity index (χ0n) is 18.5. The summed E-state index contributed by atoms with van der Waals surface area (Å²) in [6, 6.07) is 15.1. The van der Waals surface area contributed by atoms with E-state index in [0.29, 0.717) is 30.2 Å². The van der Waals surface area contributed by atoms with Gasteiger partial charge in [-0.2, -0.15) is 0 Å². The molecular weight excluding hydrogens is 428 g/mol. The van der Waals surface area contributed by atoms with Gasteiger partial charge in [-0.15, -0.1) is 0 Å². The topological polar surface area (TPSA) is 48.0 Å². The molecule has 0 unspecified atom stereocenters. The van der Waals surface area contributed by atoms with Gasteiger partial charge in [0.05, 0.1) is 26.7 Å². The molecular formula is C26H25F2NO4. The van der Waals surface area contributed by atoms with Gasteiger partial charge in [0, 0.05) is 6.54 Å². The van der Waals surface area contributed by atoms with Crippen molar-refractivity contribution in [3.63, 3.8) is 0 Å². The molecule has 1 atom stereocenters. The van der Waals surface area contributed by atoms with Crippen LogP contribution < -0.4 is 14.2 Å². The molecule has 0 N–H and O–H groups in total. The minimum absolute atomic E-state index is 0.0882. The minimum atomic E-state index is -0.383. The number of benzene rings is 3. The molecule has 1 heterocycles. The smallest absolute Gasteiger partial charge is 0.227 e. The number of fused-ring (bicyclic) bond motifs is 1. The second-order valence-corrected chi connectivity index (χ2v) is 7.83. The van der Waals surface area contributed by atoms with E-state index in [1.165, 1.54) is 24.3 Å². The van der Waals surface area contributed by atoms with Gasteiger partial charge in [-0.25, -0.2) is 8.78 Å². The number of methoxy groups -OCH3 is 2. The van der Waals surface area contributed by atoms with Crippen molar-refractivity contribution in [1.29, 1.82) is 0 Å². The number of hydrogen-bond acceptors (Lipinski definition) is 4. The third-order valence-corrected chi connectivity index (χ3v) is 5.81. The average Bonchev–Trinajstić information content (AvgIpc) is 2.83. The van der Waals surface area contributed by atoms with E-state index in [4.69, 9.17) is 14.2 Å². The van der Waals surface area contributed by atoms with Gasteiger partial charge in [0.1, 0.15) is 24.0 Å². The Labute approximate surface area is 191 Å². The Kier molecular flexibility index (Phi) is 6.77. The molecule has 0 aliphatic carbocycles. The fraction of sp³-hybridized carbons (Fsp3) is 0.269. The van der Waals surface area contributed by atoms with E-state index in [1.54, 1.807) is 43.4 Å². The number of carbonyl (C=O) groups is 1. The fourth-order valence-electron chi connectivity index (χ4n) is 4.09. The van der Waals surface area contributed by atoms with Crippen LogP contribution in [0.1, 0.15) is 22.7 Å². The molecule has 1 aliphatic heterocycles. The highest BCUT2D eigenvalue weighted by atomic mass is 19.1. The quantitative estimate of drug-likeness (QED) is 0.519. The highest BCUT2D eigenvalue weighted by Crippen LogP contribution is 2.38. The molecule has 4 rings (SSSR count). The zero-order chi connectivity index (χ0) is 23.4. The third-order valence-electron chi connectivity index (χ3n) is 5.81. The first-order valence-electron chi connectivity index (χ1n) is 10.7. The Bertz CT molecular complexity index is 1120. The molecule has 1 amide bonds. The van der Waals surface area contributed by atoms with E-state index < -0.39 is 0 Å². The van der Waals surface area contributed by atoms with Crippen LogP contribution in [0.25, 0.3) is 0 Å². The van der Waals surface area contributed by atoms with Gasteiger partial charge in [0.15, 0.2) is 11.5 Å². The highest BCUT2D eigenvalue weighted by Gasteiger charge is 2.32. The van der Waals surface area contributed by atoms with Crippen LogP contribution in [-0.2, 0) is 17.6 Å². The lowest BCUT2D eigenvalue weighted by molar-refractivity contribution is -0.134. The van der Waals surface area contributed by atoms with E-state index in [1.807, 2.05) is 12.1 Å². The number of ether oxygens (including phenoxy) is 3. The molecule has 3 aromatic carbocycles. The van der Waals surface area contributed by atoms with E-state index in [0.717, 1.165) is 16.7 Å². The van der Waals surface area contributed by atoms with Crippen LogP contribution in [0.5, 0.6) is 17.2 Å². The van der Waals surface area contributed by atoms with Crippen LogP contribution >= 0.6 is 0 Å². The number of amides is 1. The second kappa shape index (κ2) is 9.90. The Morgan fingerprint density at radius 3 is 2.18 bits per heavy atom. The SMILES string of the molecule is COc1cc2c(cc1OC)[C@H](COc1ccc(F)cc1)N(C(=O)Cc1ccc(F)cc1)CC2. The summed E-state index contributed by atoms with van der Waals surface area (Å²) < 4.78 is 43.4. The van der Waals surface area contributed by atoms with Crippen LogP contribution in [0.15, 0.2) is 60.7 Å². The van der Waals surface area contributed by atoms with Gasteiger partial charge in [-0.1, -0.05) is 12.1 Å². The fourth-order valence-corrected chi connectivity index (χ4v) is 4.09. The maximum atomic E-state index is 13.3. The molecule has 0 spiro atoms. The number of hydrogen-bond donors (Lipinski definition) is 0. The molecule has 7 heteroatoms. The summed E-state index contributed by atoms with van der Waals surface area (Å²) in [7, 11) is 3.15. The van der Waals surface area contributed by atoms with Crippen molar-refractivity contribution in [3.05, 3.63) is 89.0 Å². The number of rotatable bonds is 7. The minimum Gasteiger partial charge on any atom is -0.493 e. The van der Waals surface area contributed by atoms with Gasteiger partial charge < -0.3 is 19.1 Å². The average molecular weight is 453 g/mol. The molecule has 33 heavy (non-hydrogen) atoms. The van der Waals surface area contributed by atoms with Crippen LogP contribution in [-0.4, -0.2) is 38.2 Å². The Hall–Kier alpha value is -3.61. The molecule has 0 saturated carbocycles. The number of carbonyl (C=O) groups excluding carboxylic acids is 1. The van der Waals surface area contributed by atoms with Crippen molar-refractivity contribution in [2.75, 3.05) is 27.4 Å². The normalized spacial score (nSPS) is 15.0. The summed E-state index contributed by atoms with van der Waals surface area (Å²) in [6.07, 6.45) is 0.799. The molecule has 3 aromatic rings. The first-order valence-corrected chi connectivity index (χ1v) is 10.7. The Morgan fingerprint density at radius 1 is 0.939 bits per heavy atom. The number of nitrogens with zero attached hydrogens (tertiary/aromatic N) is 1. The first-order chi connectivity index (χ1) is 16.0. The predicted octanol–water partition coefficient (Wildman–Crippen LogP) is 4.73. The Balaban J connectivity index is 1.63. The third kappa shape index (κ3) is 5.08. The van der Waals surface area contributed by atoms with Crippen molar-refractivity contribution < 1.29 is 27.8 Å². The molecule has 0 radical (unpaired) electrons. The summed E-state index contributed by atoms with van der Waals surface area (Å²) in [4.78, 5) is 15.1. The van der Waals surface area contributed by atoms with Gasteiger partial charge in [-0.3, -0.25) is 4.79 Å². The lowest BCUT2D eigenvalue weighted by atomic mass is 9.91. The lowest BCUT2D eigenvalue weighted by Gasteiger charge is -2.37. The highest BCUT2D eigenvalue weighted by molar-refractivity contribution is 5.80. The predicted molar refractivity (Wildman–Crippen MR) is 120 cm³/mol. The molecule has 0 bridgehead atoms. The monoisotopic (exact) mass is 453 g/mol. The van der Waals surface area contributed by atoms with Crippen molar-refractivity contribution in [2.45, 2.75) is 18.9 Å². The molecule has 172 valence electrons. The van der Waals surface area contributed by atoms with Crippen molar-refractivity contribution in [2.24, 2.45) is 0 Å².